The van der Waals surface area contributed by atoms with Gasteiger partial charge in [0.2, 0.25) is 17.8 Å². The number of hydrogen-bond donors (Lipinski definition) is 1. The van der Waals surface area contributed by atoms with Crippen LogP contribution in [-0.2, 0) is 20.7 Å². The third kappa shape index (κ3) is 5.50. The summed E-state index contributed by atoms with van der Waals surface area (Å²) in [7, 11) is 1.52. The van der Waals surface area contributed by atoms with E-state index < -0.39 is 18.0 Å². The quantitative estimate of drug-likeness (QED) is 0.362. The minimum absolute atomic E-state index is 0.0514. The number of carbonyl (C=O) groups excluding carboxylic acids is 2. The van der Waals surface area contributed by atoms with Crippen LogP contribution in [0.5, 0.6) is 5.75 Å². The lowest BCUT2D eigenvalue weighted by Crippen LogP contribution is -2.26. The highest BCUT2D eigenvalue weighted by Crippen LogP contribution is 2.28. The van der Waals surface area contributed by atoms with Crippen LogP contribution in [0.25, 0.3) is 11.6 Å². The summed E-state index contributed by atoms with van der Waals surface area (Å²) in [6, 6.07) is 17.6. The number of aryl methyl sites for hydroxylation is 2. The first-order valence-corrected chi connectivity index (χ1v) is 10.6. The van der Waals surface area contributed by atoms with E-state index in [0.717, 1.165) is 5.56 Å². The molecule has 2 aromatic carbocycles. The second kappa shape index (κ2) is 10.5. The number of esters is 1. The number of ether oxygens (including phenoxy) is 2. The lowest BCUT2D eigenvalue weighted by atomic mass is 10.1. The molecule has 0 saturated carbocycles. The molecule has 0 fully saturated rings. The van der Waals surface area contributed by atoms with Crippen LogP contribution in [-0.4, -0.2) is 29.1 Å². The first kappa shape index (κ1) is 22.8. The number of aromatic nitrogens is 2. The Balaban J connectivity index is 1.44. The van der Waals surface area contributed by atoms with Gasteiger partial charge >= 0.3 is 5.97 Å². The summed E-state index contributed by atoms with van der Waals surface area (Å²) in [6.07, 6.45) is 0.454. The second-order valence-electron chi connectivity index (χ2n) is 7.46. The molecule has 0 aliphatic rings. The summed E-state index contributed by atoms with van der Waals surface area (Å²) in [6.45, 7) is 1.90. The number of anilines is 1. The topological polar surface area (TPSA) is 117 Å². The first-order chi connectivity index (χ1) is 16.5. The summed E-state index contributed by atoms with van der Waals surface area (Å²) in [4.78, 5) is 30.0. The van der Waals surface area contributed by atoms with Gasteiger partial charge in [-0.15, -0.1) is 0 Å². The Hall–Kier alpha value is -4.40. The molecule has 9 heteroatoms. The van der Waals surface area contributed by atoms with E-state index in [1.165, 1.54) is 13.4 Å². The number of carbonyl (C=O) groups is 2. The van der Waals surface area contributed by atoms with E-state index in [0.29, 0.717) is 28.6 Å². The highest BCUT2D eigenvalue weighted by Gasteiger charge is 2.26. The largest absolute Gasteiger partial charge is 0.495 e. The average molecular weight is 461 g/mol. The van der Waals surface area contributed by atoms with E-state index in [9.17, 15) is 9.59 Å². The van der Waals surface area contributed by atoms with Crippen molar-refractivity contribution in [1.29, 1.82) is 0 Å². The van der Waals surface area contributed by atoms with Gasteiger partial charge in [0.25, 0.3) is 5.91 Å². The fraction of sp³-hybridized carbons (Fsp3) is 0.200. The molecule has 0 radical (unpaired) electrons. The molecule has 2 aromatic heterocycles. The lowest BCUT2D eigenvalue weighted by Gasteiger charge is -2.19. The monoisotopic (exact) mass is 461 g/mol. The number of nitrogens with one attached hydrogen (secondary N) is 1. The minimum atomic E-state index is -1.15. The Morgan fingerprint density at radius 2 is 1.91 bits per heavy atom. The highest BCUT2D eigenvalue weighted by molar-refractivity contribution is 5.97. The van der Waals surface area contributed by atoms with Crippen LogP contribution < -0.4 is 10.1 Å². The second-order valence-corrected chi connectivity index (χ2v) is 7.46. The van der Waals surface area contributed by atoms with Crippen molar-refractivity contribution in [2.75, 3.05) is 12.4 Å². The highest BCUT2D eigenvalue weighted by atomic mass is 16.5. The van der Waals surface area contributed by atoms with Crippen LogP contribution in [0.15, 0.2) is 75.9 Å². The van der Waals surface area contributed by atoms with Crippen molar-refractivity contribution in [2.45, 2.75) is 25.9 Å². The Bertz CT molecular complexity index is 1250. The molecular weight excluding hydrogens is 438 g/mol. The third-order valence-corrected chi connectivity index (χ3v) is 4.96. The van der Waals surface area contributed by atoms with Gasteiger partial charge in [0.1, 0.15) is 5.75 Å². The molecule has 1 N–H and O–H groups in total. The molecular formula is C25H23N3O6. The Morgan fingerprint density at radius 3 is 2.65 bits per heavy atom. The molecule has 0 spiro atoms. The van der Waals surface area contributed by atoms with Crippen molar-refractivity contribution < 1.29 is 28.0 Å². The van der Waals surface area contributed by atoms with Crippen LogP contribution in [0.2, 0.25) is 0 Å². The number of rotatable bonds is 9. The summed E-state index contributed by atoms with van der Waals surface area (Å²) in [5.74, 6) is 0.431. The molecule has 2 heterocycles. The zero-order chi connectivity index (χ0) is 23.9. The van der Waals surface area contributed by atoms with E-state index >= 15 is 0 Å². The van der Waals surface area contributed by atoms with Crippen molar-refractivity contribution in [3.63, 3.8) is 0 Å². The smallest absolute Gasteiger partial charge is 0.307 e. The average Bonchev–Trinajstić information content (AvgIpc) is 3.54. The number of hydrogen-bond acceptors (Lipinski definition) is 8. The molecule has 34 heavy (non-hydrogen) atoms. The number of benzene rings is 2. The van der Waals surface area contributed by atoms with Gasteiger partial charge in [-0.05, 0) is 36.8 Å². The van der Waals surface area contributed by atoms with Crippen molar-refractivity contribution >= 4 is 17.6 Å². The molecule has 9 nitrogen and oxygen atoms in total. The summed E-state index contributed by atoms with van der Waals surface area (Å²) in [5.41, 5.74) is 1.97. The number of nitrogens with zero attached hydrogens (tertiary/aromatic N) is 2. The zero-order valence-corrected chi connectivity index (χ0v) is 18.7. The van der Waals surface area contributed by atoms with Crippen molar-refractivity contribution in [3.8, 4) is 17.3 Å². The Labute approximate surface area is 195 Å². The van der Waals surface area contributed by atoms with Gasteiger partial charge in [-0.3, -0.25) is 9.59 Å². The SMILES string of the molecule is COc1ccc(C)cc1NC(=O)C(OC(=O)CCc1nc(-c2ccco2)no1)c1ccccc1. The zero-order valence-electron chi connectivity index (χ0n) is 18.7. The van der Waals surface area contributed by atoms with Gasteiger partial charge in [0, 0.05) is 12.0 Å². The van der Waals surface area contributed by atoms with E-state index in [4.69, 9.17) is 18.4 Å². The molecule has 1 amide bonds. The van der Waals surface area contributed by atoms with Crippen LogP contribution in [0.3, 0.4) is 0 Å². The standard InChI is InChI=1S/C25H23N3O6/c1-16-10-11-19(31-2)18(15-16)26-25(30)23(17-7-4-3-5-8-17)33-22(29)13-12-21-27-24(28-34-21)20-9-6-14-32-20/h3-11,14-15,23H,12-13H2,1-2H3,(H,26,30). The maximum Gasteiger partial charge on any atom is 0.307 e. The third-order valence-electron chi connectivity index (χ3n) is 4.96. The van der Waals surface area contributed by atoms with Crippen molar-refractivity contribution in [3.05, 3.63) is 83.9 Å². The molecule has 1 unspecified atom stereocenters. The maximum atomic E-state index is 13.1. The molecule has 0 aliphatic carbocycles. The molecule has 4 rings (SSSR count). The van der Waals surface area contributed by atoms with E-state index in [1.807, 2.05) is 19.1 Å². The molecule has 0 aliphatic heterocycles. The summed E-state index contributed by atoms with van der Waals surface area (Å²) in [5, 5.41) is 6.64. The molecule has 174 valence electrons. The van der Waals surface area contributed by atoms with Crippen LogP contribution in [0.1, 0.15) is 29.5 Å². The molecule has 4 aromatic rings. The Morgan fingerprint density at radius 1 is 1.09 bits per heavy atom. The number of methoxy groups -OCH3 is 1. The van der Waals surface area contributed by atoms with E-state index in [2.05, 4.69) is 15.5 Å². The summed E-state index contributed by atoms with van der Waals surface area (Å²) < 4.78 is 21.3. The minimum Gasteiger partial charge on any atom is -0.495 e. The summed E-state index contributed by atoms with van der Waals surface area (Å²) >= 11 is 0. The Kier molecular flexibility index (Phi) is 7.02. The van der Waals surface area contributed by atoms with Gasteiger partial charge in [0.05, 0.1) is 25.5 Å². The molecule has 0 saturated heterocycles. The predicted molar refractivity (Wildman–Crippen MR) is 122 cm³/mol. The van der Waals surface area contributed by atoms with Crippen molar-refractivity contribution in [2.24, 2.45) is 0 Å². The fourth-order valence-electron chi connectivity index (χ4n) is 3.28. The van der Waals surface area contributed by atoms with Crippen LogP contribution >= 0.6 is 0 Å². The van der Waals surface area contributed by atoms with Gasteiger partial charge in [-0.1, -0.05) is 41.6 Å². The van der Waals surface area contributed by atoms with Crippen molar-refractivity contribution in [1.82, 2.24) is 10.1 Å². The van der Waals surface area contributed by atoms with E-state index in [1.54, 1.807) is 48.5 Å². The van der Waals surface area contributed by atoms with Gasteiger partial charge < -0.3 is 23.7 Å². The van der Waals surface area contributed by atoms with Crippen LogP contribution in [0, 0.1) is 6.92 Å². The predicted octanol–water partition coefficient (Wildman–Crippen LogP) is 4.50. The van der Waals surface area contributed by atoms with E-state index in [-0.39, 0.29) is 18.7 Å². The fourth-order valence-corrected chi connectivity index (χ4v) is 3.28. The van der Waals surface area contributed by atoms with Crippen LogP contribution in [0.4, 0.5) is 5.69 Å². The van der Waals surface area contributed by atoms with Gasteiger partial charge in [-0.2, -0.15) is 4.98 Å². The molecule has 1 atom stereocenters. The lowest BCUT2D eigenvalue weighted by molar-refractivity contribution is -0.154. The maximum absolute atomic E-state index is 13.1. The molecule has 0 bridgehead atoms. The number of furan rings is 1. The van der Waals surface area contributed by atoms with Gasteiger partial charge in [0.15, 0.2) is 5.76 Å². The van der Waals surface area contributed by atoms with Gasteiger partial charge in [-0.25, -0.2) is 0 Å². The first-order valence-electron chi connectivity index (χ1n) is 10.6. The normalized spacial score (nSPS) is 11.6. The number of amides is 1.